The Hall–Kier alpha value is -1.08. The van der Waals surface area contributed by atoms with Gasteiger partial charge in [0, 0.05) is 20.6 Å². The summed E-state index contributed by atoms with van der Waals surface area (Å²) in [6.07, 6.45) is 1.71. The first kappa shape index (κ1) is 18.9. The zero-order chi connectivity index (χ0) is 13.1. The maximum atomic E-state index is 11.8. The SMILES string of the molecule is CN(C)c1ccc(NC(=O)C2CC(O)CN2)nc1.Cl.Cl. The molecule has 1 amide bonds. The van der Waals surface area contributed by atoms with E-state index < -0.39 is 6.10 Å². The van der Waals surface area contributed by atoms with E-state index in [9.17, 15) is 9.90 Å². The zero-order valence-corrected chi connectivity index (χ0v) is 13.0. The molecule has 1 aromatic heterocycles. The highest BCUT2D eigenvalue weighted by Gasteiger charge is 2.28. The quantitative estimate of drug-likeness (QED) is 0.761. The number of anilines is 2. The van der Waals surface area contributed by atoms with E-state index in [0.29, 0.717) is 18.8 Å². The summed E-state index contributed by atoms with van der Waals surface area (Å²) in [6, 6.07) is 3.31. The number of nitrogens with zero attached hydrogens (tertiary/aromatic N) is 2. The van der Waals surface area contributed by atoms with Crippen LogP contribution >= 0.6 is 24.8 Å². The Kier molecular flexibility index (Phi) is 7.82. The highest BCUT2D eigenvalue weighted by Crippen LogP contribution is 2.13. The fourth-order valence-corrected chi connectivity index (χ4v) is 1.85. The summed E-state index contributed by atoms with van der Waals surface area (Å²) >= 11 is 0. The van der Waals surface area contributed by atoms with E-state index in [1.165, 1.54) is 0 Å². The summed E-state index contributed by atoms with van der Waals surface area (Å²) in [4.78, 5) is 17.9. The summed E-state index contributed by atoms with van der Waals surface area (Å²) in [7, 11) is 3.86. The van der Waals surface area contributed by atoms with Gasteiger partial charge in [-0.05, 0) is 18.6 Å². The Morgan fingerprint density at radius 2 is 2.15 bits per heavy atom. The molecule has 2 heterocycles. The van der Waals surface area contributed by atoms with Crippen LogP contribution in [0, 0.1) is 0 Å². The molecule has 0 aliphatic carbocycles. The van der Waals surface area contributed by atoms with Crippen molar-refractivity contribution in [3.05, 3.63) is 18.3 Å². The second-order valence-electron chi connectivity index (χ2n) is 4.64. The second kappa shape index (κ2) is 8.26. The number of halogens is 2. The smallest absolute Gasteiger partial charge is 0.242 e. The zero-order valence-electron chi connectivity index (χ0n) is 11.4. The van der Waals surface area contributed by atoms with Crippen molar-refractivity contribution in [2.24, 2.45) is 0 Å². The highest BCUT2D eigenvalue weighted by atomic mass is 35.5. The Labute approximate surface area is 130 Å². The van der Waals surface area contributed by atoms with E-state index in [1.807, 2.05) is 25.1 Å². The Morgan fingerprint density at radius 1 is 1.45 bits per heavy atom. The number of rotatable bonds is 3. The molecule has 0 radical (unpaired) electrons. The molecule has 6 nitrogen and oxygen atoms in total. The lowest BCUT2D eigenvalue weighted by molar-refractivity contribution is -0.118. The molecule has 0 bridgehead atoms. The maximum Gasteiger partial charge on any atom is 0.242 e. The van der Waals surface area contributed by atoms with Gasteiger partial charge in [-0.25, -0.2) is 4.98 Å². The molecule has 3 N–H and O–H groups in total. The fraction of sp³-hybridized carbons (Fsp3) is 0.500. The van der Waals surface area contributed by atoms with Gasteiger partial charge < -0.3 is 20.6 Å². The van der Waals surface area contributed by atoms with Crippen LogP contribution in [-0.4, -0.2) is 48.8 Å². The van der Waals surface area contributed by atoms with E-state index in [0.717, 1.165) is 5.69 Å². The molecule has 2 atom stereocenters. The Morgan fingerprint density at radius 3 is 2.60 bits per heavy atom. The molecule has 114 valence electrons. The topological polar surface area (TPSA) is 77.5 Å². The molecule has 1 saturated heterocycles. The number of nitrogens with one attached hydrogen (secondary N) is 2. The molecule has 0 spiro atoms. The molecule has 2 rings (SSSR count). The van der Waals surface area contributed by atoms with Crippen molar-refractivity contribution < 1.29 is 9.90 Å². The number of pyridine rings is 1. The van der Waals surface area contributed by atoms with Crippen molar-refractivity contribution in [2.45, 2.75) is 18.6 Å². The molecular weight excluding hydrogens is 303 g/mol. The van der Waals surface area contributed by atoms with Crippen molar-refractivity contribution >= 4 is 42.2 Å². The number of carbonyl (C=O) groups is 1. The molecule has 2 unspecified atom stereocenters. The van der Waals surface area contributed by atoms with Crippen molar-refractivity contribution in [2.75, 3.05) is 30.9 Å². The maximum absolute atomic E-state index is 11.8. The average molecular weight is 323 g/mol. The van der Waals surface area contributed by atoms with Crippen LogP contribution in [0.2, 0.25) is 0 Å². The van der Waals surface area contributed by atoms with Gasteiger partial charge in [0.05, 0.1) is 24.0 Å². The van der Waals surface area contributed by atoms with Gasteiger partial charge in [-0.3, -0.25) is 4.79 Å². The molecule has 0 saturated carbocycles. The summed E-state index contributed by atoms with van der Waals surface area (Å²) in [6.45, 7) is 0.463. The van der Waals surface area contributed by atoms with E-state index in [2.05, 4.69) is 15.6 Å². The Bertz CT molecular complexity index is 428. The monoisotopic (exact) mass is 322 g/mol. The summed E-state index contributed by atoms with van der Waals surface area (Å²) in [5.41, 5.74) is 0.974. The number of β-amino-alcohol motifs (C(OH)–C–C–N with tert-alkyl or cyclic N) is 1. The molecule has 0 aromatic carbocycles. The summed E-state index contributed by atoms with van der Waals surface area (Å²) < 4.78 is 0. The number of aliphatic hydroxyl groups excluding tert-OH is 1. The van der Waals surface area contributed by atoms with Gasteiger partial charge in [-0.15, -0.1) is 24.8 Å². The van der Waals surface area contributed by atoms with Gasteiger partial charge >= 0.3 is 0 Å². The van der Waals surface area contributed by atoms with E-state index in [4.69, 9.17) is 0 Å². The van der Waals surface area contributed by atoms with Crippen molar-refractivity contribution in [1.29, 1.82) is 0 Å². The number of amides is 1. The molecule has 1 aliphatic heterocycles. The van der Waals surface area contributed by atoms with Crippen LogP contribution in [0.4, 0.5) is 11.5 Å². The first-order chi connectivity index (χ1) is 8.56. The predicted molar refractivity (Wildman–Crippen MR) is 84.1 cm³/mol. The lowest BCUT2D eigenvalue weighted by Crippen LogP contribution is -2.35. The number of aliphatic hydroxyl groups is 1. The number of carbonyl (C=O) groups excluding carboxylic acids is 1. The van der Waals surface area contributed by atoms with Crippen molar-refractivity contribution in [3.8, 4) is 0 Å². The predicted octanol–water partition coefficient (Wildman–Crippen LogP) is 0.652. The van der Waals surface area contributed by atoms with Crippen LogP contribution < -0.4 is 15.5 Å². The van der Waals surface area contributed by atoms with Crippen LogP contribution in [0.15, 0.2) is 18.3 Å². The minimum Gasteiger partial charge on any atom is -0.392 e. The normalized spacial score (nSPS) is 20.6. The standard InChI is InChI=1S/C12H18N4O2.2ClH/c1-16(2)8-3-4-11(14-6-8)15-12(18)10-5-9(17)7-13-10;;/h3-4,6,9-10,13,17H,5,7H2,1-2H3,(H,14,15,18);2*1H. The molecule has 8 heteroatoms. The van der Waals surface area contributed by atoms with E-state index in [1.54, 1.807) is 12.3 Å². The van der Waals surface area contributed by atoms with Gasteiger partial charge in [0.15, 0.2) is 0 Å². The molecule has 1 aliphatic rings. The number of aromatic nitrogens is 1. The number of hydrogen-bond donors (Lipinski definition) is 3. The molecule has 1 aromatic rings. The largest absolute Gasteiger partial charge is 0.392 e. The minimum atomic E-state index is -0.440. The lowest BCUT2D eigenvalue weighted by Gasteiger charge is -2.13. The first-order valence-corrected chi connectivity index (χ1v) is 5.92. The van der Waals surface area contributed by atoms with Crippen LogP contribution in [0.3, 0.4) is 0 Å². The minimum absolute atomic E-state index is 0. The third-order valence-corrected chi connectivity index (χ3v) is 2.94. The van der Waals surface area contributed by atoms with Crippen LogP contribution in [0.1, 0.15) is 6.42 Å². The molecular formula is C12H20Cl2N4O2. The van der Waals surface area contributed by atoms with Crippen molar-refractivity contribution in [1.82, 2.24) is 10.3 Å². The third-order valence-electron chi connectivity index (χ3n) is 2.94. The highest BCUT2D eigenvalue weighted by molar-refractivity contribution is 5.94. The van der Waals surface area contributed by atoms with E-state index >= 15 is 0 Å². The number of hydrogen-bond acceptors (Lipinski definition) is 5. The summed E-state index contributed by atoms with van der Waals surface area (Å²) in [5, 5.41) is 15.0. The van der Waals surface area contributed by atoms with Crippen LogP contribution in [0.5, 0.6) is 0 Å². The second-order valence-corrected chi connectivity index (χ2v) is 4.64. The van der Waals surface area contributed by atoms with Gasteiger partial charge in [0.25, 0.3) is 0 Å². The van der Waals surface area contributed by atoms with Crippen LogP contribution in [0.25, 0.3) is 0 Å². The van der Waals surface area contributed by atoms with Gasteiger partial charge in [-0.1, -0.05) is 0 Å². The van der Waals surface area contributed by atoms with Gasteiger partial charge in [-0.2, -0.15) is 0 Å². The molecule has 1 fully saturated rings. The van der Waals surface area contributed by atoms with E-state index in [-0.39, 0.29) is 36.8 Å². The van der Waals surface area contributed by atoms with Gasteiger partial charge in [0.2, 0.25) is 5.91 Å². The van der Waals surface area contributed by atoms with Crippen LogP contribution in [-0.2, 0) is 4.79 Å². The van der Waals surface area contributed by atoms with Crippen molar-refractivity contribution in [3.63, 3.8) is 0 Å². The summed E-state index contributed by atoms with van der Waals surface area (Å²) in [5.74, 6) is 0.366. The average Bonchev–Trinajstić information content (AvgIpc) is 2.76. The molecule has 20 heavy (non-hydrogen) atoms. The Balaban J connectivity index is 0.00000180. The third kappa shape index (κ3) is 4.79. The lowest BCUT2D eigenvalue weighted by atomic mass is 10.2. The fourth-order valence-electron chi connectivity index (χ4n) is 1.85. The van der Waals surface area contributed by atoms with Gasteiger partial charge in [0.1, 0.15) is 5.82 Å². The first-order valence-electron chi connectivity index (χ1n) is 5.92.